The van der Waals surface area contributed by atoms with Crippen LogP contribution in [-0.2, 0) is 6.54 Å². The molecule has 1 heterocycles. The zero-order valence-electron chi connectivity index (χ0n) is 10.8. The first kappa shape index (κ1) is 12.6. The van der Waals surface area contributed by atoms with Crippen LogP contribution in [0.5, 0.6) is 0 Å². The molecule has 0 bridgehead atoms. The van der Waals surface area contributed by atoms with Crippen LogP contribution >= 0.6 is 0 Å². The average molecular weight is 232 g/mol. The molecular weight excluding hydrogens is 208 g/mol. The molecule has 1 aromatic rings. The predicted molar refractivity (Wildman–Crippen MR) is 72.8 cm³/mol. The summed E-state index contributed by atoms with van der Waals surface area (Å²) in [5.74, 6) is 0. The van der Waals surface area contributed by atoms with Crippen LogP contribution in [0.4, 0.5) is 0 Å². The molecule has 1 aliphatic heterocycles. The molecule has 0 amide bonds. The van der Waals surface area contributed by atoms with Crippen molar-refractivity contribution in [3.05, 3.63) is 35.9 Å². The van der Waals surface area contributed by atoms with Crippen LogP contribution in [0.3, 0.4) is 0 Å². The van der Waals surface area contributed by atoms with Crippen LogP contribution < -0.4 is 5.73 Å². The van der Waals surface area contributed by atoms with Gasteiger partial charge in [0.25, 0.3) is 0 Å². The van der Waals surface area contributed by atoms with Gasteiger partial charge in [-0.15, -0.1) is 0 Å². The fourth-order valence-corrected chi connectivity index (χ4v) is 2.78. The first-order valence-corrected chi connectivity index (χ1v) is 6.79. The van der Waals surface area contributed by atoms with Gasteiger partial charge in [-0.2, -0.15) is 0 Å². The fourth-order valence-electron chi connectivity index (χ4n) is 2.78. The maximum Gasteiger partial charge on any atom is 0.0236 e. The normalized spacial score (nSPS) is 23.5. The zero-order chi connectivity index (χ0) is 12.1. The van der Waals surface area contributed by atoms with Crippen LogP contribution in [0.15, 0.2) is 30.3 Å². The number of benzene rings is 1. The van der Waals surface area contributed by atoms with Gasteiger partial charge >= 0.3 is 0 Å². The van der Waals surface area contributed by atoms with Gasteiger partial charge in [-0.25, -0.2) is 0 Å². The van der Waals surface area contributed by atoms with Crippen molar-refractivity contribution in [1.29, 1.82) is 0 Å². The van der Waals surface area contributed by atoms with E-state index in [1.54, 1.807) is 0 Å². The number of rotatable bonds is 4. The van der Waals surface area contributed by atoms with E-state index < -0.39 is 0 Å². The Hall–Kier alpha value is -0.860. The zero-order valence-corrected chi connectivity index (χ0v) is 10.8. The average Bonchev–Trinajstić information content (AvgIpc) is 2.32. The first-order valence-electron chi connectivity index (χ1n) is 6.79. The summed E-state index contributed by atoms with van der Waals surface area (Å²) in [5, 5.41) is 0. The van der Waals surface area contributed by atoms with Gasteiger partial charge in [0.05, 0.1) is 0 Å². The molecule has 0 aromatic heterocycles. The van der Waals surface area contributed by atoms with E-state index in [2.05, 4.69) is 42.2 Å². The number of hydrogen-bond acceptors (Lipinski definition) is 2. The van der Waals surface area contributed by atoms with Crippen molar-refractivity contribution < 1.29 is 0 Å². The molecular formula is C15H24N2. The summed E-state index contributed by atoms with van der Waals surface area (Å²) < 4.78 is 0. The van der Waals surface area contributed by atoms with Crippen molar-refractivity contribution in [2.24, 2.45) is 5.73 Å². The van der Waals surface area contributed by atoms with Crippen molar-refractivity contribution in [3.8, 4) is 0 Å². The minimum absolute atomic E-state index is 0.316. The lowest BCUT2D eigenvalue weighted by Crippen LogP contribution is -2.41. The highest BCUT2D eigenvalue weighted by atomic mass is 15.2. The Kier molecular flexibility index (Phi) is 4.57. The van der Waals surface area contributed by atoms with Gasteiger partial charge in [0.2, 0.25) is 0 Å². The van der Waals surface area contributed by atoms with Crippen molar-refractivity contribution in [2.75, 3.05) is 6.54 Å². The molecule has 17 heavy (non-hydrogen) atoms. The quantitative estimate of drug-likeness (QED) is 0.865. The van der Waals surface area contributed by atoms with Crippen molar-refractivity contribution in [1.82, 2.24) is 4.90 Å². The van der Waals surface area contributed by atoms with E-state index in [0.29, 0.717) is 12.1 Å². The fraction of sp³-hybridized carbons (Fsp3) is 0.600. The first-order chi connectivity index (χ1) is 8.25. The summed E-state index contributed by atoms with van der Waals surface area (Å²) in [4.78, 5) is 2.61. The van der Waals surface area contributed by atoms with Crippen LogP contribution in [0.25, 0.3) is 0 Å². The number of hydrogen-bond donors (Lipinski definition) is 1. The van der Waals surface area contributed by atoms with Gasteiger partial charge in [-0.05, 0) is 38.3 Å². The Morgan fingerprint density at radius 2 is 2.06 bits per heavy atom. The molecule has 0 spiro atoms. The monoisotopic (exact) mass is 232 g/mol. The van der Waals surface area contributed by atoms with Gasteiger partial charge in [0, 0.05) is 18.6 Å². The molecule has 94 valence electrons. The summed E-state index contributed by atoms with van der Waals surface area (Å²) in [7, 11) is 0. The van der Waals surface area contributed by atoms with Crippen LogP contribution in [0.2, 0.25) is 0 Å². The largest absolute Gasteiger partial charge is 0.328 e. The minimum atomic E-state index is 0.316. The lowest BCUT2D eigenvalue weighted by Gasteiger charge is -2.36. The third-order valence-electron chi connectivity index (χ3n) is 3.62. The number of piperidine rings is 1. The molecule has 1 fully saturated rings. The topological polar surface area (TPSA) is 29.3 Å². The lowest BCUT2D eigenvalue weighted by atomic mass is 9.96. The van der Waals surface area contributed by atoms with E-state index in [-0.39, 0.29) is 0 Å². The Bertz CT molecular complexity index is 321. The molecule has 1 saturated heterocycles. The van der Waals surface area contributed by atoms with E-state index in [4.69, 9.17) is 5.73 Å². The third-order valence-corrected chi connectivity index (χ3v) is 3.62. The summed E-state index contributed by atoms with van der Waals surface area (Å²) in [6, 6.07) is 11.8. The van der Waals surface area contributed by atoms with Crippen LogP contribution in [0, 0.1) is 0 Å². The Labute approximate surface area is 105 Å². The minimum Gasteiger partial charge on any atom is -0.328 e. The van der Waals surface area contributed by atoms with E-state index in [1.165, 1.54) is 31.4 Å². The predicted octanol–water partition coefficient (Wildman–Crippen LogP) is 2.78. The van der Waals surface area contributed by atoms with E-state index in [9.17, 15) is 0 Å². The van der Waals surface area contributed by atoms with Crippen molar-refractivity contribution in [2.45, 2.75) is 51.2 Å². The van der Waals surface area contributed by atoms with Gasteiger partial charge in [-0.1, -0.05) is 36.8 Å². The molecule has 2 heteroatoms. The van der Waals surface area contributed by atoms with Crippen LogP contribution in [-0.4, -0.2) is 23.5 Å². The lowest BCUT2D eigenvalue weighted by molar-refractivity contribution is 0.127. The highest BCUT2D eigenvalue weighted by Gasteiger charge is 2.22. The maximum absolute atomic E-state index is 5.95. The number of likely N-dealkylation sites (tertiary alicyclic amines) is 1. The molecule has 2 atom stereocenters. The molecule has 0 aliphatic carbocycles. The summed E-state index contributed by atoms with van der Waals surface area (Å²) in [5.41, 5.74) is 7.37. The highest BCUT2D eigenvalue weighted by molar-refractivity contribution is 5.14. The second-order valence-electron chi connectivity index (χ2n) is 5.32. The SMILES string of the molecule is CC(N)CC1CCCCN1Cc1ccccc1. The molecule has 1 aromatic carbocycles. The third kappa shape index (κ3) is 3.83. The highest BCUT2D eigenvalue weighted by Crippen LogP contribution is 2.22. The Balaban J connectivity index is 1.96. The number of nitrogens with zero attached hydrogens (tertiary/aromatic N) is 1. The summed E-state index contributed by atoms with van der Waals surface area (Å²) in [6.07, 6.45) is 5.15. The van der Waals surface area contributed by atoms with Gasteiger partial charge in [-0.3, -0.25) is 4.90 Å². The van der Waals surface area contributed by atoms with Gasteiger partial charge in [0.15, 0.2) is 0 Å². The van der Waals surface area contributed by atoms with Gasteiger partial charge in [0.1, 0.15) is 0 Å². The second kappa shape index (κ2) is 6.18. The molecule has 2 rings (SSSR count). The Morgan fingerprint density at radius 3 is 2.76 bits per heavy atom. The smallest absolute Gasteiger partial charge is 0.0236 e. The summed E-state index contributed by atoms with van der Waals surface area (Å²) >= 11 is 0. The van der Waals surface area contributed by atoms with Crippen molar-refractivity contribution in [3.63, 3.8) is 0 Å². The standard InChI is InChI=1S/C15H24N2/c1-13(16)11-15-9-5-6-10-17(15)12-14-7-3-2-4-8-14/h2-4,7-8,13,15H,5-6,9-12,16H2,1H3. The molecule has 2 nitrogen and oxygen atoms in total. The summed E-state index contributed by atoms with van der Waals surface area (Å²) in [6.45, 7) is 4.43. The van der Waals surface area contributed by atoms with Crippen LogP contribution in [0.1, 0.15) is 38.2 Å². The molecule has 2 N–H and O–H groups in total. The molecule has 0 saturated carbocycles. The van der Waals surface area contributed by atoms with E-state index in [1.807, 2.05) is 0 Å². The molecule has 0 radical (unpaired) electrons. The maximum atomic E-state index is 5.95. The van der Waals surface area contributed by atoms with E-state index in [0.717, 1.165) is 13.0 Å². The van der Waals surface area contributed by atoms with Crippen molar-refractivity contribution >= 4 is 0 Å². The number of nitrogens with two attached hydrogens (primary N) is 1. The second-order valence-corrected chi connectivity index (χ2v) is 5.32. The molecule has 1 aliphatic rings. The molecule has 2 unspecified atom stereocenters. The van der Waals surface area contributed by atoms with Gasteiger partial charge < -0.3 is 5.73 Å². The Morgan fingerprint density at radius 1 is 1.29 bits per heavy atom. The van der Waals surface area contributed by atoms with E-state index >= 15 is 0 Å².